The number of anilines is 1. The average Bonchev–Trinajstić information content (AvgIpc) is 2.88. The molecule has 27 heavy (non-hydrogen) atoms. The molecule has 2 atom stereocenters. The SMILES string of the molecule is COc1ccc(N2CCOC3CCN(Cc4ccccn4)CC3C2=O)cc1. The van der Waals surface area contributed by atoms with Crippen molar-refractivity contribution in [2.45, 2.75) is 19.1 Å². The Morgan fingerprint density at radius 1 is 1.19 bits per heavy atom. The number of methoxy groups -OCH3 is 1. The second kappa shape index (κ2) is 8.06. The molecule has 142 valence electrons. The van der Waals surface area contributed by atoms with Gasteiger partial charge in [-0.2, -0.15) is 0 Å². The zero-order valence-electron chi connectivity index (χ0n) is 15.6. The van der Waals surface area contributed by atoms with Crippen molar-refractivity contribution in [3.05, 3.63) is 54.4 Å². The lowest BCUT2D eigenvalue weighted by molar-refractivity contribution is -0.128. The molecule has 0 spiro atoms. The van der Waals surface area contributed by atoms with Gasteiger partial charge >= 0.3 is 0 Å². The van der Waals surface area contributed by atoms with Crippen LogP contribution in [0.2, 0.25) is 0 Å². The molecule has 0 aliphatic carbocycles. The van der Waals surface area contributed by atoms with Crippen LogP contribution in [0.3, 0.4) is 0 Å². The number of hydrogen-bond acceptors (Lipinski definition) is 5. The summed E-state index contributed by atoms with van der Waals surface area (Å²) in [6.07, 6.45) is 2.69. The Balaban J connectivity index is 1.49. The monoisotopic (exact) mass is 367 g/mol. The fraction of sp³-hybridized carbons (Fsp3) is 0.429. The minimum Gasteiger partial charge on any atom is -0.497 e. The van der Waals surface area contributed by atoms with Gasteiger partial charge in [0, 0.05) is 38.1 Å². The van der Waals surface area contributed by atoms with Crippen LogP contribution in [0.25, 0.3) is 0 Å². The van der Waals surface area contributed by atoms with Gasteiger partial charge in [-0.25, -0.2) is 0 Å². The summed E-state index contributed by atoms with van der Waals surface area (Å²) < 4.78 is 11.3. The first-order valence-electron chi connectivity index (χ1n) is 9.44. The number of piperidine rings is 1. The van der Waals surface area contributed by atoms with Crippen molar-refractivity contribution < 1.29 is 14.3 Å². The van der Waals surface area contributed by atoms with Crippen LogP contribution in [-0.4, -0.2) is 55.2 Å². The van der Waals surface area contributed by atoms with Gasteiger partial charge in [-0.05, 0) is 42.8 Å². The number of carbonyl (C=O) groups excluding carboxylic acids is 1. The zero-order chi connectivity index (χ0) is 18.6. The van der Waals surface area contributed by atoms with Crippen LogP contribution in [0, 0.1) is 5.92 Å². The number of fused-ring (bicyclic) bond motifs is 1. The molecule has 2 aliphatic rings. The van der Waals surface area contributed by atoms with E-state index in [0.717, 1.165) is 36.6 Å². The third-order valence-corrected chi connectivity index (χ3v) is 5.36. The summed E-state index contributed by atoms with van der Waals surface area (Å²) in [6, 6.07) is 13.6. The first-order valence-corrected chi connectivity index (χ1v) is 9.44. The molecule has 0 radical (unpaired) electrons. The van der Waals surface area contributed by atoms with Crippen LogP contribution < -0.4 is 9.64 Å². The van der Waals surface area contributed by atoms with E-state index in [9.17, 15) is 4.79 Å². The minimum atomic E-state index is -0.146. The molecule has 1 aromatic carbocycles. The summed E-state index contributed by atoms with van der Waals surface area (Å²) in [4.78, 5) is 21.9. The Bertz CT molecular complexity index is 766. The van der Waals surface area contributed by atoms with Crippen LogP contribution in [-0.2, 0) is 16.1 Å². The van der Waals surface area contributed by atoms with E-state index in [1.54, 1.807) is 7.11 Å². The van der Waals surface area contributed by atoms with E-state index in [4.69, 9.17) is 9.47 Å². The van der Waals surface area contributed by atoms with Crippen molar-refractivity contribution in [3.63, 3.8) is 0 Å². The topological polar surface area (TPSA) is 54.9 Å². The van der Waals surface area contributed by atoms with Crippen molar-refractivity contribution in [1.29, 1.82) is 0 Å². The normalized spacial score (nSPS) is 23.6. The Labute approximate surface area is 159 Å². The Hall–Kier alpha value is -2.44. The van der Waals surface area contributed by atoms with Crippen molar-refractivity contribution >= 4 is 11.6 Å². The number of amides is 1. The Morgan fingerprint density at radius 2 is 2.04 bits per heavy atom. The van der Waals surface area contributed by atoms with E-state index >= 15 is 0 Å². The summed E-state index contributed by atoms with van der Waals surface area (Å²) in [7, 11) is 1.64. The molecule has 2 saturated heterocycles. The average molecular weight is 367 g/mol. The van der Waals surface area contributed by atoms with Gasteiger partial charge in [0.15, 0.2) is 0 Å². The highest BCUT2D eigenvalue weighted by Crippen LogP contribution is 2.29. The Morgan fingerprint density at radius 3 is 2.78 bits per heavy atom. The number of benzene rings is 1. The van der Waals surface area contributed by atoms with E-state index < -0.39 is 0 Å². The van der Waals surface area contributed by atoms with E-state index in [2.05, 4.69) is 9.88 Å². The summed E-state index contributed by atoms with van der Waals surface area (Å²) in [5.41, 5.74) is 1.93. The quantitative estimate of drug-likeness (QED) is 0.830. The van der Waals surface area contributed by atoms with Crippen molar-refractivity contribution in [2.24, 2.45) is 5.92 Å². The van der Waals surface area contributed by atoms with E-state index in [1.807, 2.05) is 53.6 Å². The highest BCUT2D eigenvalue weighted by atomic mass is 16.5. The lowest BCUT2D eigenvalue weighted by Gasteiger charge is -2.37. The highest BCUT2D eigenvalue weighted by molar-refractivity contribution is 5.96. The standard InChI is InChI=1S/C21H25N3O3/c1-26-18-7-5-17(6-8-18)24-12-13-27-20-9-11-23(15-19(20)21(24)25)14-16-4-2-3-10-22-16/h2-8,10,19-20H,9,11-15H2,1H3. The number of pyridine rings is 1. The van der Waals surface area contributed by atoms with E-state index in [0.29, 0.717) is 19.7 Å². The molecule has 2 aliphatic heterocycles. The maximum absolute atomic E-state index is 13.3. The number of rotatable bonds is 4. The minimum absolute atomic E-state index is 0.000677. The third kappa shape index (κ3) is 3.96. The molecule has 6 heteroatoms. The van der Waals surface area contributed by atoms with Gasteiger partial charge in [0.2, 0.25) is 5.91 Å². The molecule has 3 heterocycles. The van der Waals surface area contributed by atoms with Crippen molar-refractivity contribution in [1.82, 2.24) is 9.88 Å². The largest absolute Gasteiger partial charge is 0.497 e. The van der Waals surface area contributed by atoms with Crippen LogP contribution in [0.1, 0.15) is 12.1 Å². The van der Waals surface area contributed by atoms with Crippen molar-refractivity contribution in [2.75, 3.05) is 38.3 Å². The molecule has 2 fully saturated rings. The lowest BCUT2D eigenvalue weighted by Crippen LogP contribution is -2.49. The van der Waals surface area contributed by atoms with Crippen LogP contribution in [0.4, 0.5) is 5.69 Å². The molecule has 1 amide bonds. The van der Waals surface area contributed by atoms with Crippen LogP contribution in [0.15, 0.2) is 48.7 Å². The predicted octanol–water partition coefficient (Wildman–Crippen LogP) is 2.34. The highest BCUT2D eigenvalue weighted by Gasteiger charge is 2.39. The van der Waals surface area contributed by atoms with Crippen molar-refractivity contribution in [3.8, 4) is 5.75 Å². The molecule has 4 rings (SSSR count). The first-order chi connectivity index (χ1) is 13.2. The number of likely N-dealkylation sites (tertiary alicyclic amines) is 1. The number of aromatic nitrogens is 1. The second-order valence-electron chi connectivity index (χ2n) is 7.05. The van der Waals surface area contributed by atoms with Gasteiger partial charge in [0.25, 0.3) is 0 Å². The molecular weight excluding hydrogens is 342 g/mol. The molecule has 6 nitrogen and oxygen atoms in total. The summed E-state index contributed by atoms with van der Waals surface area (Å²) in [5.74, 6) is 0.787. The first kappa shape index (κ1) is 17.9. The van der Waals surface area contributed by atoms with Gasteiger partial charge < -0.3 is 14.4 Å². The molecule has 2 unspecified atom stereocenters. The van der Waals surface area contributed by atoms with Gasteiger partial charge in [-0.15, -0.1) is 0 Å². The number of ether oxygens (including phenoxy) is 2. The van der Waals surface area contributed by atoms with E-state index in [-0.39, 0.29) is 17.9 Å². The van der Waals surface area contributed by atoms with Gasteiger partial charge in [-0.1, -0.05) is 6.07 Å². The predicted molar refractivity (Wildman–Crippen MR) is 103 cm³/mol. The second-order valence-corrected chi connectivity index (χ2v) is 7.05. The van der Waals surface area contributed by atoms with Gasteiger partial charge in [-0.3, -0.25) is 14.7 Å². The fourth-order valence-corrected chi connectivity index (χ4v) is 3.92. The molecule has 0 saturated carbocycles. The zero-order valence-corrected chi connectivity index (χ0v) is 15.6. The number of hydrogen-bond donors (Lipinski definition) is 0. The number of carbonyl (C=O) groups is 1. The lowest BCUT2D eigenvalue weighted by atomic mass is 9.93. The summed E-state index contributed by atoms with van der Waals surface area (Å²) >= 11 is 0. The van der Waals surface area contributed by atoms with Crippen LogP contribution >= 0.6 is 0 Å². The van der Waals surface area contributed by atoms with Gasteiger partial charge in [0.1, 0.15) is 5.75 Å². The van der Waals surface area contributed by atoms with Crippen LogP contribution in [0.5, 0.6) is 5.75 Å². The molecular formula is C21H25N3O3. The summed E-state index contributed by atoms with van der Waals surface area (Å²) in [6.45, 7) is 3.54. The Kier molecular flexibility index (Phi) is 5.36. The fourth-order valence-electron chi connectivity index (χ4n) is 3.92. The molecule has 2 aromatic rings. The third-order valence-electron chi connectivity index (χ3n) is 5.36. The summed E-state index contributed by atoms with van der Waals surface area (Å²) in [5, 5.41) is 0. The molecule has 1 aromatic heterocycles. The maximum atomic E-state index is 13.3. The maximum Gasteiger partial charge on any atom is 0.234 e. The van der Waals surface area contributed by atoms with Gasteiger partial charge in [0.05, 0.1) is 31.4 Å². The number of nitrogens with zero attached hydrogens (tertiary/aromatic N) is 3. The smallest absolute Gasteiger partial charge is 0.234 e. The van der Waals surface area contributed by atoms with E-state index in [1.165, 1.54) is 0 Å². The molecule has 0 bridgehead atoms. The molecule has 0 N–H and O–H groups in total.